The van der Waals surface area contributed by atoms with E-state index in [1.165, 1.54) is 49.7 Å². The third-order valence-electron chi connectivity index (χ3n) is 3.84. The van der Waals surface area contributed by atoms with Crippen molar-refractivity contribution in [2.45, 2.75) is 52.4 Å². The smallest absolute Gasteiger partial charge is 0.122 e. The zero-order valence-corrected chi connectivity index (χ0v) is 11.2. The van der Waals surface area contributed by atoms with Gasteiger partial charge in [-0.15, -0.1) is 0 Å². The Morgan fingerprint density at radius 1 is 1.35 bits per heavy atom. The van der Waals surface area contributed by atoms with Gasteiger partial charge in [0.1, 0.15) is 5.75 Å². The minimum absolute atomic E-state index is 0.865. The number of hydrogen-bond donors (Lipinski definition) is 0. The van der Waals surface area contributed by atoms with E-state index < -0.39 is 0 Å². The minimum Gasteiger partial charge on any atom is -0.493 e. The fourth-order valence-corrected chi connectivity index (χ4v) is 2.40. The Labute approximate surface area is 105 Å². The number of fused-ring (bicyclic) bond motifs is 1. The molecule has 1 heteroatoms. The molecule has 1 aromatic carbocycles. The summed E-state index contributed by atoms with van der Waals surface area (Å²) in [5, 5.41) is 0. The molecule has 0 radical (unpaired) electrons. The largest absolute Gasteiger partial charge is 0.493 e. The standard InChI is InChI=1S/C16H24O/c1-3-13(2)6-4-7-14-9-10-15-8-5-11-17-16(15)12-14/h9-10,12-13H,3-8,11H2,1-2H3. The molecule has 0 aliphatic carbocycles. The third-order valence-corrected chi connectivity index (χ3v) is 3.84. The van der Waals surface area contributed by atoms with Crippen LogP contribution in [-0.2, 0) is 12.8 Å². The van der Waals surface area contributed by atoms with Crippen molar-refractivity contribution in [1.82, 2.24) is 0 Å². The summed E-state index contributed by atoms with van der Waals surface area (Å²) in [6, 6.07) is 6.79. The normalized spacial score (nSPS) is 16.1. The SMILES string of the molecule is CCC(C)CCCc1ccc2c(c1)OCCC2. The molecule has 0 spiro atoms. The van der Waals surface area contributed by atoms with Gasteiger partial charge in [-0.2, -0.15) is 0 Å². The fourth-order valence-electron chi connectivity index (χ4n) is 2.40. The summed E-state index contributed by atoms with van der Waals surface area (Å²) in [7, 11) is 0. The van der Waals surface area contributed by atoms with Gasteiger partial charge in [0.15, 0.2) is 0 Å². The van der Waals surface area contributed by atoms with Crippen LogP contribution in [0.2, 0.25) is 0 Å². The van der Waals surface area contributed by atoms with Crippen molar-refractivity contribution in [2.24, 2.45) is 5.92 Å². The fraction of sp³-hybridized carbons (Fsp3) is 0.625. The highest BCUT2D eigenvalue weighted by Crippen LogP contribution is 2.26. The van der Waals surface area contributed by atoms with E-state index in [9.17, 15) is 0 Å². The molecule has 1 aliphatic rings. The Hall–Kier alpha value is -0.980. The summed E-state index contributed by atoms with van der Waals surface area (Å²) in [6.45, 7) is 5.51. The Morgan fingerprint density at radius 2 is 2.24 bits per heavy atom. The molecule has 0 N–H and O–H groups in total. The Balaban J connectivity index is 1.89. The predicted octanol–water partition coefficient (Wildman–Crippen LogP) is 4.38. The molecular weight excluding hydrogens is 208 g/mol. The Kier molecular flexibility index (Phi) is 4.47. The molecule has 0 bridgehead atoms. The molecule has 0 fully saturated rings. The first-order valence-electron chi connectivity index (χ1n) is 7.04. The van der Waals surface area contributed by atoms with Crippen LogP contribution >= 0.6 is 0 Å². The van der Waals surface area contributed by atoms with E-state index >= 15 is 0 Å². The molecule has 2 rings (SSSR count). The van der Waals surface area contributed by atoms with E-state index in [-0.39, 0.29) is 0 Å². The van der Waals surface area contributed by atoms with Crippen LogP contribution in [0.1, 0.15) is 50.7 Å². The lowest BCUT2D eigenvalue weighted by atomic mass is 9.97. The number of benzene rings is 1. The van der Waals surface area contributed by atoms with Gasteiger partial charge < -0.3 is 4.74 Å². The molecule has 1 nitrogen and oxygen atoms in total. The highest BCUT2D eigenvalue weighted by Gasteiger charge is 2.10. The summed E-state index contributed by atoms with van der Waals surface area (Å²) >= 11 is 0. The number of rotatable bonds is 5. The molecule has 0 saturated carbocycles. The molecule has 94 valence electrons. The molecule has 17 heavy (non-hydrogen) atoms. The first kappa shape index (κ1) is 12.5. The Morgan fingerprint density at radius 3 is 3.06 bits per heavy atom. The second-order valence-corrected chi connectivity index (χ2v) is 5.30. The second-order valence-electron chi connectivity index (χ2n) is 5.30. The summed E-state index contributed by atoms with van der Waals surface area (Å²) in [6.07, 6.45) is 7.49. The maximum atomic E-state index is 5.71. The highest BCUT2D eigenvalue weighted by atomic mass is 16.5. The van der Waals surface area contributed by atoms with Crippen molar-refractivity contribution >= 4 is 0 Å². The highest BCUT2D eigenvalue weighted by molar-refractivity contribution is 5.38. The summed E-state index contributed by atoms with van der Waals surface area (Å²) < 4.78 is 5.71. The van der Waals surface area contributed by atoms with Crippen LogP contribution in [0, 0.1) is 5.92 Å². The van der Waals surface area contributed by atoms with E-state index in [0.717, 1.165) is 18.3 Å². The van der Waals surface area contributed by atoms with E-state index in [4.69, 9.17) is 4.74 Å². The van der Waals surface area contributed by atoms with Gasteiger partial charge in [-0.05, 0) is 48.8 Å². The van der Waals surface area contributed by atoms with Crippen LogP contribution in [0.3, 0.4) is 0 Å². The van der Waals surface area contributed by atoms with Crippen LogP contribution < -0.4 is 4.74 Å². The number of hydrogen-bond acceptors (Lipinski definition) is 1. The van der Waals surface area contributed by atoms with Crippen molar-refractivity contribution in [1.29, 1.82) is 0 Å². The average molecular weight is 232 g/mol. The number of aryl methyl sites for hydroxylation is 2. The monoisotopic (exact) mass is 232 g/mol. The zero-order chi connectivity index (χ0) is 12.1. The molecular formula is C16H24O. The molecule has 1 aliphatic heterocycles. The molecule has 0 saturated heterocycles. The van der Waals surface area contributed by atoms with Crippen molar-refractivity contribution in [2.75, 3.05) is 6.61 Å². The lowest BCUT2D eigenvalue weighted by Gasteiger charge is -2.18. The van der Waals surface area contributed by atoms with Gasteiger partial charge in [-0.3, -0.25) is 0 Å². The first-order valence-corrected chi connectivity index (χ1v) is 7.04. The summed E-state index contributed by atoms with van der Waals surface area (Å²) in [5.74, 6) is 2.00. The van der Waals surface area contributed by atoms with Gasteiger partial charge in [-0.25, -0.2) is 0 Å². The lowest BCUT2D eigenvalue weighted by molar-refractivity contribution is 0.288. The van der Waals surface area contributed by atoms with Crippen LogP contribution in [0.5, 0.6) is 5.75 Å². The van der Waals surface area contributed by atoms with Gasteiger partial charge >= 0.3 is 0 Å². The van der Waals surface area contributed by atoms with Gasteiger partial charge in [-0.1, -0.05) is 38.8 Å². The minimum atomic E-state index is 0.865. The van der Waals surface area contributed by atoms with Crippen LogP contribution in [0.4, 0.5) is 0 Å². The van der Waals surface area contributed by atoms with Gasteiger partial charge in [0.05, 0.1) is 6.61 Å². The van der Waals surface area contributed by atoms with E-state index in [0.29, 0.717) is 0 Å². The summed E-state index contributed by atoms with van der Waals surface area (Å²) in [4.78, 5) is 0. The quantitative estimate of drug-likeness (QED) is 0.732. The van der Waals surface area contributed by atoms with Gasteiger partial charge in [0, 0.05) is 0 Å². The third kappa shape index (κ3) is 3.49. The topological polar surface area (TPSA) is 9.23 Å². The van der Waals surface area contributed by atoms with Gasteiger partial charge in [0.25, 0.3) is 0 Å². The number of ether oxygens (including phenoxy) is 1. The molecule has 0 aromatic heterocycles. The summed E-state index contributed by atoms with van der Waals surface area (Å²) in [5.41, 5.74) is 2.83. The van der Waals surface area contributed by atoms with Crippen molar-refractivity contribution in [3.63, 3.8) is 0 Å². The van der Waals surface area contributed by atoms with E-state index in [2.05, 4.69) is 32.0 Å². The van der Waals surface area contributed by atoms with Crippen molar-refractivity contribution in [3.05, 3.63) is 29.3 Å². The van der Waals surface area contributed by atoms with E-state index in [1.54, 1.807) is 0 Å². The van der Waals surface area contributed by atoms with Crippen LogP contribution in [-0.4, -0.2) is 6.61 Å². The maximum Gasteiger partial charge on any atom is 0.122 e. The van der Waals surface area contributed by atoms with Gasteiger partial charge in [0.2, 0.25) is 0 Å². The van der Waals surface area contributed by atoms with Crippen molar-refractivity contribution in [3.8, 4) is 5.75 Å². The van der Waals surface area contributed by atoms with Crippen molar-refractivity contribution < 1.29 is 4.74 Å². The van der Waals surface area contributed by atoms with E-state index in [1.807, 2.05) is 0 Å². The molecule has 1 heterocycles. The average Bonchev–Trinajstić information content (AvgIpc) is 2.38. The molecule has 1 unspecified atom stereocenters. The second kappa shape index (κ2) is 6.09. The lowest BCUT2D eigenvalue weighted by Crippen LogP contribution is -2.08. The zero-order valence-electron chi connectivity index (χ0n) is 11.2. The first-order chi connectivity index (χ1) is 8.29. The molecule has 1 aromatic rings. The maximum absolute atomic E-state index is 5.71. The van der Waals surface area contributed by atoms with Crippen LogP contribution in [0.15, 0.2) is 18.2 Å². The Bertz CT molecular complexity index is 357. The molecule has 1 atom stereocenters. The predicted molar refractivity (Wildman–Crippen MR) is 72.7 cm³/mol. The molecule has 0 amide bonds. The van der Waals surface area contributed by atoms with Crippen LogP contribution in [0.25, 0.3) is 0 Å².